The standard InChI is InChI=1S/C24H32FN/c1-2-6-20-9-13-22(14-10-20)17-18-23-15-11-21(12-16-23)7-4-3-5-8-24(25)19-26/h3,5,8-10,13-14,21,23H,2,4,6-7,11-12,15-18H2,1H3/b5-3+,24-8-. The Labute approximate surface area is 158 Å². The third-order valence-electron chi connectivity index (χ3n) is 5.60. The Bertz CT molecular complexity index is 613. The van der Waals surface area contributed by atoms with Crippen LogP contribution in [0, 0.1) is 23.2 Å². The van der Waals surface area contributed by atoms with E-state index in [9.17, 15) is 4.39 Å². The number of hydrogen-bond donors (Lipinski definition) is 0. The zero-order chi connectivity index (χ0) is 18.6. The molecule has 0 aromatic heterocycles. The molecule has 1 aliphatic carbocycles. The fourth-order valence-electron chi connectivity index (χ4n) is 3.96. The van der Waals surface area contributed by atoms with Gasteiger partial charge in [-0.05, 0) is 61.1 Å². The maximum Gasteiger partial charge on any atom is 0.199 e. The third-order valence-corrected chi connectivity index (χ3v) is 5.60. The van der Waals surface area contributed by atoms with Gasteiger partial charge in [0.15, 0.2) is 5.83 Å². The van der Waals surface area contributed by atoms with Gasteiger partial charge in [-0.3, -0.25) is 0 Å². The molecule has 26 heavy (non-hydrogen) atoms. The molecule has 1 fully saturated rings. The van der Waals surface area contributed by atoms with Crippen LogP contribution in [0.25, 0.3) is 0 Å². The number of rotatable bonds is 9. The molecule has 1 aromatic rings. The van der Waals surface area contributed by atoms with E-state index in [4.69, 9.17) is 5.26 Å². The van der Waals surface area contributed by atoms with Crippen molar-refractivity contribution in [2.24, 2.45) is 11.8 Å². The molecule has 0 bridgehead atoms. The molecule has 140 valence electrons. The summed E-state index contributed by atoms with van der Waals surface area (Å²) in [5.41, 5.74) is 2.94. The first-order valence-corrected chi connectivity index (χ1v) is 10.2. The van der Waals surface area contributed by atoms with Crippen LogP contribution < -0.4 is 0 Å². The minimum atomic E-state index is -0.721. The minimum Gasteiger partial charge on any atom is -0.195 e. The molecule has 0 radical (unpaired) electrons. The molecular formula is C24H32FN. The number of nitrogens with zero attached hydrogens (tertiary/aromatic N) is 1. The van der Waals surface area contributed by atoms with Gasteiger partial charge in [0.25, 0.3) is 0 Å². The molecule has 0 heterocycles. The van der Waals surface area contributed by atoms with Crippen LogP contribution in [0.1, 0.15) is 69.4 Å². The quantitative estimate of drug-likeness (QED) is 0.343. The smallest absolute Gasteiger partial charge is 0.195 e. The van der Waals surface area contributed by atoms with Crippen LogP contribution in [0.3, 0.4) is 0 Å². The van der Waals surface area contributed by atoms with Crippen molar-refractivity contribution in [3.63, 3.8) is 0 Å². The summed E-state index contributed by atoms with van der Waals surface area (Å²) in [7, 11) is 0. The van der Waals surface area contributed by atoms with Crippen molar-refractivity contribution in [3.05, 3.63) is 59.4 Å². The van der Waals surface area contributed by atoms with E-state index in [1.807, 2.05) is 6.08 Å². The van der Waals surface area contributed by atoms with Crippen molar-refractivity contribution in [1.82, 2.24) is 0 Å². The molecule has 0 N–H and O–H groups in total. The van der Waals surface area contributed by atoms with Crippen molar-refractivity contribution >= 4 is 0 Å². The monoisotopic (exact) mass is 353 g/mol. The van der Waals surface area contributed by atoms with Gasteiger partial charge in [-0.1, -0.05) is 75.4 Å². The van der Waals surface area contributed by atoms with E-state index in [1.54, 1.807) is 6.08 Å². The molecule has 1 nitrogen and oxygen atoms in total. The summed E-state index contributed by atoms with van der Waals surface area (Å²) in [6.45, 7) is 2.23. The number of hydrogen-bond acceptors (Lipinski definition) is 1. The van der Waals surface area contributed by atoms with Gasteiger partial charge in [-0.25, -0.2) is 0 Å². The Hall–Kier alpha value is -1.88. The summed E-state index contributed by atoms with van der Waals surface area (Å²) < 4.78 is 12.7. The lowest BCUT2D eigenvalue weighted by Crippen LogP contribution is -2.15. The predicted molar refractivity (Wildman–Crippen MR) is 107 cm³/mol. The summed E-state index contributed by atoms with van der Waals surface area (Å²) in [5.74, 6) is 0.973. The fraction of sp³-hybridized carbons (Fsp3) is 0.542. The lowest BCUT2D eigenvalue weighted by atomic mass is 9.78. The lowest BCUT2D eigenvalue weighted by molar-refractivity contribution is 0.254. The largest absolute Gasteiger partial charge is 0.199 e. The highest BCUT2D eigenvalue weighted by Gasteiger charge is 2.20. The first-order chi connectivity index (χ1) is 12.7. The first kappa shape index (κ1) is 20.4. The second-order valence-electron chi connectivity index (χ2n) is 7.62. The Kier molecular flexibility index (Phi) is 9.18. The molecule has 1 saturated carbocycles. The van der Waals surface area contributed by atoms with E-state index in [2.05, 4.69) is 31.2 Å². The van der Waals surface area contributed by atoms with Crippen molar-refractivity contribution in [3.8, 4) is 6.07 Å². The SMILES string of the molecule is CCCc1ccc(CCC2CCC(CC/C=C/C=C(\F)C#N)CC2)cc1. The zero-order valence-corrected chi connectivity index (χ0v) is 16.1. The van der Waals surface area contributed by atoms with Gasteiger partial charge < -0.3 is 0 Å². The maximum atomic E-state index is 12.7. The van der Waals surface area contributed by atoms with Crippen molar-refractivity contribution < 1.29 is 4.39 Å². The van der Waals surface area contributed by atoms with Gasteiger partial charge in [0.2, 0.25) is 0 Å². The van der Waals surface area contributed by atoms with Crippen LogP contribution in [0.5, 0.6) is 0 Å². The zero-order valence-electron chi connectivity index (χ0n) is 16.1. The number of aryl methyl sites for hydroxylation is 2. The summed E-state index contributed by atoms with van der Waals surface area (Å²) in [4.78, 5) is 0. The molecule has 0 amide bonds. The Balaban J connectivity index is 1.62. The van der Waals surface area contributed by atoms with Crippen molar-refractivity contribution in [1.29, 1.82) is 5.26 Å². The van der Waals surface area contributed by atoms with Crippen LogP contribution >= 0.6 is 0 Å². The number of nitriles is 1. The van der Waals surface area contributed by atoms with Gasteiger partial charge in [-0.15, -0.1) is 0 Å². The van der Waals surface area contributed by atoms with E-state index in [0.717, 1.165) is 18.3 Å². The van der Waals surface area contributed by atoms with Crippen LogP contribution in [0.15, 0.2) is 48.3 Å². The van der Waals surface area contributed by atoms with E-state index in [0.29, 0.717) is 0 Å². The van der Waals surface area contributed by atoms with E-state index in [1.165, 1.54) is 81.1 Å². The summed E-state index contributed by atoms with van der Waals surface area (Å²) in [5, 5.41) is 8.34. The number of benzene rings is 1. The molecule has 1 aromatic carbocycles. The fourth-order valence-corrected chi connectivity index (χ4v) is 3.96. The van der Waals surface area contributed by atoms with Crippen LogP contribution in [0.2, 0.25) is 0 Å². The molecule has 0 saturated heterocycles. The topological polar surface area (TPSA) is 23.8 Å². The van der Waals surface area contributed by atoms with E-state index in [-0.39, 0.29) is 0 Å². The van der Waals surface area contributed by atoms with Gasteiger partial charge in [0, 0.05) is 0 Å². The molecule has 0 unspecified atom stereocenters. The molecular weight excluding hydrogens is 321 g/mol. The summed E-state index contributed by atoms with van der Waals surface area (Å²) in [6.07, 6.45) is 17.3. The molecule has 0 spiro atoms. The predicted octanol–water partition coefficient (Wildman–Crippen LogP) is 7.09. The van der Waals surface area contributed by atoms with Gasteiger partial charge >= 0.3 is 0 Å². The normalized spacial score (nSPS) is 21.0. The summed E-state index contributed by atoms with van der Waals surface area (Å²) >= 11 is 0. The number of allylic oxidation sites excluding steroid dienone is 4. The summed E-state index contributed by atoms with van der Waals surface area (Å²) in [6, 6.07) is 10.7. The van der Waals surface area contributed by atoms with Gasteiger partial charge in [0.1, 0.15) is 6.07 Å². The average molecular weight is 354 g/mol. The van der Waals surface area contributed by atoms with E-state index >= 15 is 0 Å². The highest BCUT2D eigenvalue weighted by atomic mass is 19.1. The van der Waals surface area contributed by atoms with Gasteiger partial charge in [-0.2, -0.15) is 9.65 Å². The minimum absolute atomic E-state index is 0.721. The molecule has 2 heteroatoms. The van der Waals surface area contributed by atoms with Crippen molar-refractivity contribution in [2.75, 3.05) is 0 Å². The number of halogens is 1. The van der Waals surface area contributed by atoms with Crippen LogP contribution in [0.4, 0.5) is 4.39 Å². The first-order valence-electron chi connectivity index (χ1n) is 10.2. The van der Waals surface area contributed by atoms with Crippen LogP contribution in [-0.2, 0) is 12.8 Å². The average Bonchev–Trinajstić information content (AvgIpc) is 2.68. The molecule has 1 aliphatic rings. The Morgan fingerprint density at radius 1 is 1.04 bits per heavy atom. The lowest BCUT2D eigenvalue weighted by Gasteiger charge is -2.28. The highest BCUT2D eigenvalue weighted by molar-refractivity contribution is 5.22. The Morgan fingerprint density at radius 3 is 2.19 bits per heavy atom. The van der Waals surface area contributed by atoms with E-state index < -0.39 is 5.83 Å². The maximum absolute atomic E-state index is 12.7. The van der Waals surface area contributed by atoms with Gasteiger partial charge in [0.05, 0.1) is 0 Å². The molecule has 0 atom stereocenters. The molecule has 2 rings (SSSR count). The molecule has 0 aliphatic heterocycles. The van der Waals surface area contributed by atoms with Crippen LogP contribution in [-0.4, -0.2) is 0 Å². The second-order valence-corrected chi connectivity index (χ2v) is 7.62. The Morgan fingerprint density at radius 2 is 1.62 bits per heavy atom. The van der Waals surface area contributed by atoms with Crippen molar-refractivity contribution in [2.45, 2.75) is 71.1 Å². The second kappa shape index (κ2) is 11.7. The highest BCUT2D eigenvalue weighted by Crippen LogP contribution is 2.34. The third kappa shape index (κ3) is 7.56.